The van der Waals surface area contributed by atoms with Crippen molar-refractivity contribution >= 4 is 39.7 Å². The smallest absolute Gasteiger partial charge is 0.272 e. The molecule has 1 spiro atoms. The number of hydrogen-bond acceptors (Lipinski definition) is 5. The number of benzene rings is 2. The average molecular weight is 468 g/mol. The van der Waals surface area contributed by atoms with Gasteiger partial charge in [0.2, 0.25) is 0 Å². The standard InChI is InChI=1S/C23H19F2N5O2S/c1-29-22(33)30(21(32)23(29)7-2-8-23)19-17(11-3-5-12(24)6-4-11)26-15-10-13(25)9-14-16(15)18(19)27-28-20(14)31/h3-6,9-10,17,19,26H,2,7-8H2,1H3,(H,28,31)/t17-,19-/m1/s1. The van der Waals surface area contributed by atoms with Crippen LogP contribution in [0, 0.1) is 11.6 Å². The first-order valence-corrected chi connectivity index (χ1v) is 11.1. The van der Waals surface area contributed by atoms with Gasteiger partial charge in [0.05, 0.1) is 17.1 Å². The first-order valence-electron chi connectivity index (χ1n) is 10.7. The number of anilines is 1. The summed E-state index contributed by atoms with van der Waals surface area (Å²) in [6.07, 6.45) is 2.34. The van der Waals surface area contributed by atoms with Gasteiger partial charge in [0.15, 0.2) is 5.11 Å². The van der Waals surface area contributed by atoms with Gasteiger partial charge in [-0.25, -0.2) is 13.9 Å². The normalized spacial score (nSPS) is 23.2. The van der Waals surface area contributed by atoms with Gasteiger partial charge < -0.3 is 10.2 Å². The second-order valence-corrected chi connectivity index (χ2v) is 9.20. The van der Waals surface area contributed by atoms with E-state index in [4.69, 9.17) is 12.2 Å². The zero-order valence-electron chi connectivity index (χ0n) is 17.6. The Kier molecular flexibility index (Phi) is 4.17. The van der Waals surface area contributed by atoms with Crippen molar-refractivity contribution in [1.82, 2.24) is 20.0 Å². The monoisotopic (exact) mass is 467 g/mol. The topological polar surface area (TPSA) is 81.3 Å². The largest absolute Gasteiger partial charge is 0.375 e. The molecule has 1 aliphatic carbocycles. The molecule has 0 bridgehead atoms. The molecule has 3 aliphatic rings. The number of hydrogen-bond donors (Lipinski definition) is 2. The minimum absolute atomic E-state index is 0.119. The van der Waals surface area contributed by atoms with Crippen LogP contribution in [-0.2, 0) is 4.79 Å². The van der Waals surface area contributed by atoms with Gasteiger partial charge in [0, 0.05) is 18.1 Å². The van der Waals surface area contributed by atoms with Gasteiger partial charge in [0.25, 0.3) is 11.5 Å². The average Bonchev–Trinajstić information content (AvgIpc) is 2.96. The van der Waals surface area contributed by atoms with Crippen molar-refractivity contribution in [2.45, 2.75) is 36.9 Å². The number of rotatable bonds is 2. The van der Waals surface area contributed by atoms with E-state index < -0.39 is 34.8 Å². The van der Waals surface area contributed by atoms with Gasteiger partial charge in [-0.05, 0) is 61.3 Å². The van der Waals surface area contributed by atoms with E-state index in [0.29, 0.717) is 40.3 Å². The summed E-state index contributed by atoms with van der Waals surface area (Å²) in [7, 11) is 1.82. The molecule has 0 radical (unpaired) electrons. The lowest BCUT2D eigenvalue weighted by Gasteiger charge is -2.41. The highest BCUT2D eigenvalue weighted by molar-refractivity contribution is 7.80. The Balaban J connectivity index is 1.61. The third kappa shape index (κ3) is 2.64. The highest BCUT2D eigenvalue weighted by Crippen LogP contribution is 2.51. The molecule has 1 saturated carbocycles. The molecule has 3 aromatic rings. The van der Waals surface area contributed by atoms with Crippen LogP contribution in [0.5, 0.6) is 0 Å². The van der Waals surface area contributed by atoms with Gasteiger partial charge in [-0.15, -0.1) is 0 Å². The fourth-order valence-electron chi connectivity index (χ4n) is 5.33. The van der Waals surface area contributed by atoms with Crippen molar-refractivity contribution in [3.8, 4) is 0 Å². The fraction of sp³-hybridized carbons (Fsp3) is 0.304. The summed E-state index contributed by atoms with van der Waals surface area (Å²) >= 11 is 5.73. The van der Waals surface area contributed by atoms with E-state index in [1.165, 1.54) is 18.2 Å². The van der Waals surface area contributed by atoms with E-state index in [2.05, 4.69) is 15.5 Å². The Labute approximate surface area is 192 Å². The van der Waals surface area contributed by atoms with Crippen molar-refractivity contribution in [3.63, 3.8) is 0 Å². The molecule has 2 N–H and O–H groups in total. The van der Waals surface area contributed by atoms with Crippen LogP contribution in [0.4, 0.5) is 14.5 Å². The van der Waals surface area contributed by atoms with E-state index in [1.54, 1.807) is 17.0 Å². The Morgan fingerprint density at radius 3 is 2.48 bits per heavy atom. The lowest BCUT2D eigenvalue weighted by atomic mass is 9.75. The lowest BCUT2D eigenvalue weighted by molar-refractivity contribution is -0.138. The van der Waals surface area contributed by atoms with E-state index in [0.717, 1.165) is 12.5 Å². The molecule has 2 aliphatic heterocycles. The third-order valence-electron chi connectivity index (χ3n) is 7.23. The van der Waals surface area contributed by atoms with Crippen LogP contribution in [0.25, 0.3) is 10.8 Å². The minimum Gasteiger partial charge on any atom is -0.375 e. The van der Waals surface area contributed by atoms with E-state index >= 15 is 0 Å². The number of carbonyl (C=O) groups excluding carboxylic acids is 1. The number of thiocarbonyl (C=S) groups is 1. The Hall–Kier alpha value is -3.40. The fourth-order valence-corrected chi connectivity index (χ4v) is 5.71. The summed E-state index contributed by atoms with van der Waals surface area (Å²) in [5, 5.41) is 11.0. The highest BCUT2D eigenvalue weighted by Gasteiger charge is 2.60. The minimum atomic E-state index is -0.727. The molecule has 1 aromatic heterocycles. The van der Waals surface area contributed by atoms with Crippen LogP contribution in [0.1, 0.15) is 42.6 Å². The molecule has 10 heteroatoms. The maximum atomic E-state index is 14.4. The van der Waals surface area contributed by atoms with Gasteiger partial charge >= 0.3 is 0 Å². The number of aromatic amines is 1. The second-order valence-electron chi connectivity index (χ2n) is 8.83. The summed E-state index contributed by atoms with van der Waals surface area (Å²) in [5.41, 5.74) is 0.263. The maximum Gasteiger partial charge on any atom is 0.272 e. The number of H-pyrrole nitrogens is 1. The Morgan fingerprint density at radius 1 is 1.12 bits per heavy atom. The van der Waals surface area contributed by atoms with Crippen LogP contribution >= 0.6 is 12.2 Å². The number of nitrogens with one attached hydrogen (secondary N) is 2. The molecular formula is C23H19F2N5O2S. The SMILES string of the molecule is CN1C(=S)N([C@H]2c3n[nH]c(=O)c4cc(F)cc(c34)N[C@@H]2c2ccc(F)cc2)C(=O)C12CCC2. The molecule has 2 atom stereocenters. The first kappa shape index (κ1) is 20.2. The van der Waals surface area contributed by atoms with Gasteiger partial charge in [-0.3, -0.25) is 14.5 Å². The number of nitrogens with zero attached hydrogens (tertiary/aromatic N) is 3. The summed E-state index contributed by atoms with van der Waals surface area (Å²) < 4.78 is 28.1. The van der Waals surface area contributed by atoms with Crippen molar-refractivity contribution in [3.05, 3.63) is 69.6 Å². The van der Waals surface area contributed by atoms with Gasteiger partial charge in [-0.2, -0.15) is 5.10 Å². The van der Waals surface area contributed by atoms with Gasteiger partial charge in [-0.1, -0.05) is 12.1 Å². The van der Waals surface area contributed by atoms with Crippen molar-refractivity contribution in [2.75, 3.05) is 12.4 Å². The summed E-state index contributed by atoms with van der Waals surface area (Å²) in [4.78, 5) is 29.6. The molecule has 33 heavy (non-hydrogen) atoms. The number of amides is 1. The summed E-state index contributed by atoms with van der Waals surface area (Å²) in [6, 6.07) is 7.00. The van der Waals surface area contributed by atoms with Crippen molar-refractivity contribution < 1.29 is 13.6 Å². The highest BCUT2D eigenvalue weighted by atomic mass is 32.1. The van der Waals surface area contributed by atoms with E-state index in [1.807, 2.05) is 11.9 Å². The van der Waals surface area contributed by atoms with Crippen LogP contribution in [-0.4, -0.2) is 43.6 Å². The molecule has 7 nitrogen and oxygen atoms in total. The van der Waals surface area contributed by atoms with Crippen LogP contribution in [0.2, 0.25) is 0 Å². The van der Waals surface area contributed by atoms with Crippen LogP contribution in [0.15, 0.2) is 41.2 Å². The van der Waals surface area contributed by atoms with Gasteiger partial charge in [0.1, 0.15) is 23.2 Å². The Morgan fingerprint density at radius 2 is 1.85 bits per heavy atom. The first-order chi connectivity index (χ1) is 15.8. The zero-order chi connectivity index (χ0) is 23.1. The van der Waals surface area contributed by atoms with Crippen molar-refractivity contribution in [1.29, 1.82) is 0 Å². The molecular weight excluding hydrogens is 448 g/mol. The lowest BCUT2D eigenvalue weighted by Crippen LogP contribution is -2.53. The molecule has 1 amide bonds. The number of likely N-dealkylation sites (N-methyl/N-ethyl adjacent to an activating group) is 1. The maximum absolute atomic E-state index is 14.4. The van der Waals surface area contributed by atoms with E-state index in [9.17, 15) is 18.4 Å². The number of aromatic nitrogens is 2. The predicted octanol–water partition coefficient (Wildman–Crippen LogP) is 3.39. The zero-order valence-corrected chi connectivity index (χ0v) is 18.4. The van der Waals surface area contributed by atoms with Crippen LogP contribution in [0.3, 0.4) is 0 Å². The second kappa shape index (κ2) is 6.80. The third-order valence-corrected chi connectivity index (χ3v) is 7.70. The molecule has 1 saturated heterocycles. The number of halogens is 2. The predicted molar refractivity (Wildman–Crippen MR) is 122 cm³/mol. The molecule has 2 aromatic carbocycles. The molecule has 0 unspecified atom stereocenters. The molecule has 2 fully saturated rings. The van der Waals surface area contributed by atoms with E-state index in [-0.39, 0.29) is 11.3 Å². The number of carbonyl (C=O) groups is 1. The molecule has 3 heterocycles. The molecule has 6 rings (SSSR count). The summed E-state index contributed by atoms with van der Waals surface area (Å²) in [5.74, 6) is -1.10. The van der Waals surface area contributed by atoms with Crippen LogP contribution < -0.4 is 10.9 Å². The quantitative estimate of drug-likeness (QED) is 0.563. The summed E-state index contributed by atoms with van der Waals surface area (Å²) in [6.45, 7) is 0. The molecule has 168 valence electrons. The van der Waals surface area contributed by atoms with Crippen molar-refractivity contribution in [2.24, 2.45) is 0 Å². The Bertz CT molecular complexity index is 1400.